The standard InChI is InChI=1S/C16H23ClN2O2.ClH/c1-3-8-16(2,18)15(20)19-13-5-4-9-21-14-10-11(17)6-7-12(13)14;/h6-7,10,13H,3-5,8-9,18H2,1-2H3,(H,19,20);1H. The fraction of sp³-hybridized carbons (Fsp3) is 0.562. The predicted molar refractivity (Wildman–Crippen MR) is 91.8 cm³/mol. The van der Waals surface area contributed by atoms with Crippen LogP contribution in [0.5, 0.6) is 5.75 Å². The number of benzene rings is 1. The van der Waals surface area contributed by atoms with Crippen molar-refractivity contribution in [1.29, 1.82) is 0 Å². The maximum absolute atomic E-state index is 12.4. The lowest BCUT2D eigenvalue weighted by Crippen LogP contribution is -2.52. The van der Waals surface area contributed by atoms with E-state index in [9.17, 15) is 4.79 Å². The molecule has 0 aromatic heterocycles. The van der Waals surface area contributed by atoms with Crippen molar-refractivity contribution in [3.63, 3.8) is 0 Å². The molecular weight excluding hydrogens is 323 g/mol. The van der Waals surface area contributed by atoms with Gasteiger partial charge in [-0.15, -0.1) is 12.4 Å². The van der Waals surface area contributed by atoms with Crippen LogP contribution in [-0.4, -0.2) is 18.1 Å². The highest BCUT2D eigenvalue weighted by Gasteiger charge is 2.30. The number of nitrogens with one attached hydrogen (secondary N) is 1. The average molecular weight is 347 g/mol. The van der Waals surface area contributed by atoms with Crippen LogP contribution in [0.15, 0.2) is 18.2 Å². The van der Waals surface area contributed by atoms with Gasteiger partial charge in [-0.1, -0.05) is 31.0 Å². The molecule has 0 saturated carbocycles. The minimum Gasteiger partial charge on any atom is -0.493 e. The molecule has 0 aliphatic carbocycles. The molecule has 0 radical (unpaired) electrons. The van der Waals surface area contributed by atoms with E-state index in [-0.39, 0.29) is 24.4 Å². The van der Waals surface area contributed by atoms with E-state index in [1.165, 1.54) is 0 Å². The Kier molecular flexibility index (Phi) is 6.98. The Hall–Kier alpha value is -0.970. The Morgan fingerprint density at radius 1 is 1.55 bits per heavy atom. The van der Waals surface area contributed by atoms with Crippen molar-refractivity contribution >= 4 is 29.9 Å². The zero-order chi connectivity index (χ0) is 15.5. The molecule has 0 spiro atoms. The quantitative estimate of drug-likeness (QED) is 0.875. The molecule has 0 fully saturated rings. The number of ether oxygens (including phenoxy) is 1. The Morgan fingerprint density at radius 2 is 2.27 bits per heavy atom. The molecule has 2 atom stereocenters. The third-order valence-electron chi connectivity index (χ3n) is 3.84. The molecule has 1 aromatic carbocycles. The molecule has 22 heavy (non-hydrogen) atoms. The summed E-state index contributed by atoms with van der Waals surface area (Å²) in [5.74, 6) is 0.636. The van der Waals surface area contributed by atoms with E-state index in [1.807, 2.05) is 19.1 Å². The summed E-state index contributed by atoms with van der Waals surface area (Å²) in [6, 6.07) is 5.46. The van der Waals surface area contributed by atoms with Crippen LogP contribution in [0.4, 0.5) is 0 Å². The molecule has 1 amide bonds. The largest absolute Gasteiger partial charge is 0.493 e. The number of carbonyl (C=O) groups excluding carboxylic acids is 1. The first-order valence-corrected chi connectivity index (χ1v) is 7.84. The lowest BCUT2D eigenvalue weighted by molar-refractivity contribution is -0.126. The number of hydrogen-bond donors (Lipinski definition) is 2. The Labute approximate surface area is 143 Å². The van der Waals surface area contributed by atoms with Gasteiger partial charge in [-0.2, -0.15) is 0 Å². The van der Waals surface area contributed by atoms with Gasteiger partial charge in [0, 0.05) is 10.6 Å². The third kappa shape index (κ3) is 4.51. The molecule has 1 aromatic rings. The molecule has 3 N–H and O–H groups in total. The number of rotatable bonds is 4. The molecule has 2 unspecified atom stereocenters. The van der Waals surface area contributed by atoms with Crippen LogP contribution in [0.2, 0.25) is 5.02 Å². The summed E-state index contributed by atoms with van der Waals surface area (Å²) in [7, 11) is 0. The topological polar surface area (TPSA) is 64.4 Å². The van der Waals surface area contributed by atoms with Crippen LogP contribution >= 0.6 is 24.0 Å². The van der Waals surface area contributed by atoms with Crippen molar-refractivity contribution in [1.82, 2.24) is 5.32 Å². The van der Waals surface area contributed by atoms with E-state index in [1.54, 1.807) is 13.0 Å². The van der Waals surface area contributed by atoms with E-state index in [2.05, 4.69) is 5.32 Å². The average Bonchev–Trinajstić information content (AvgIpc) is 2.60. The molecule has 6 heteroatoms. The first-order valence-electron chi connectivity index (χ1n) is 7.46. The normalized spacial score (nSPS) is 19.7. The van der Waals surface area contributed by atoms with Crippen LogP contribution in [0.25, 0.3) is 0 Å². The lowest BCUT2D eigenvalue weighted by atomic mass is 9.94. The monoisotopic (exact) mass is 346 g/mol. The molecule has 0 bridgehead atoms. The van der Waals surface area contributed by atoms with Crippen LogP contribution in [-0.2, 0) is 4.79 Å². The van der Waals surface area contributed by atoms with Gasteiger partial charge in [0.2, 0.25) is 5.91 Å². The molecule has 2 rings (SSSR count). The molecule has 1 heterocycles. The predicted octanol–water partition coefficient (Wildman–Crippen LogP) is 3.61. The third-order valence-corrected chi connectivity index (χ3v) is 4.07. The second kappa shape index (κ2) is 8.04. The maximum atomic E-state index is 12.4. The van der Waals surface area contributed by atoms with Crippen LogP contribution in [0.1, 0.15) is 51.1 Å². The molecule has 124 valence electrons. The minimum atomic E-state index is -0.839. The van der Waals surface area contributed by atoms with Crippen LogP contribution in [0, 0.1) is 0 Å². The van der Waals surface area contributed by atoms with Crippen LogP contribution < -0.4 is 15.8 Å². The highest BCUT2D eigenvalue weighted by molar-refractivity contribution is 6.30. The zero-order valence-electron chi connectivity index (χ0n) is 13.0. The Balaban J connectivity index is 0.00000242. The van der Waals surface area contributed by atoms with E-state index < -0.39 is 5.54 Å². The SMILES string of the molecule is CCCC(C)(N)C(=O)NC1CCCOc2cc(Cl)ccc21.Cl. The number of halogens is 2. The van der Waals surface area contributed by atoms with Gasteiger partial charge in [0.25, 0.3) is 0 Å². The highest BCUT2D eigenvalue weighted by atomic mass is 35.5. The van der Waals surface area contributed by atoms with Gasteiger partial charge in [-0.05, 0) is 38.3 Å². The summed E-state index contributed by atoms with van der Waals surface area (Å²) in [5, 5.41) is 3.71. The number of fused-ring (bicyclic) bond motifs is 1. The molecular formula is C16H24Cl2N2O2. The Morgan fingerprint density at radius 3 is 2.95 bits per heavy atom. The lowest BCUT2D eigenvalue weighted by Gasteiger charge is -2.27. The summed E-state index contributed by atoms with van der Waals surface area (Å²) in [6.07, 6.45) is 3.25. The first-order chi connectivity index (χ1) is 9.94. The minimum absolute atomic E-state index is 0. The molecule has 0 saturated heterocycles. The van der Waals surface area contributed by atoms with Crippen molar-refractivity contribution < 1.29 is 9.53 Å². The fourth-order valence-electron chi connectivity index (χ4n) is 2.65. The summed E-state index contributed by atoms with van der Waals surface area (Å²) >= 11 is 6.01. The highest BCUT2D eigenvalue weighted by Crippen LogP contribution is 2.33. The van der Waals surface area contributed by atoms with E-state index >= 15 is 0 Å². The van der Waals surface area contributed by atoms with E-state index in [0.717, 1.165) is 30.6 Å². The fourth-order valence-corrected chi connectivity index (χ4v) is 2.81. The molecule has 4 nitrogen and oxygen atoms in total. The number of amides is 1. The van der Waals surface area contributed by atoms with Gasteiger partial charge in [0.15, 0.2) is 0 Å². The summed E-state index contributed by atoms with van der Waals surface area (Å²) in [6.45, 7) is 4.44. The number of carbonyl (C=O) groups is 1. The number of nitrogens with two attached hydrogens (primary N) is 1. The molecule has 1 aliphatic heterocycles. The van der Waals surface area contributed by atoms with Crippen molar-refractivity contribution in [3.8, 4) is 5.75 Å². The van der Waals surface area contributed by atoms with Crippen molar-refractivity contribution in [2.75, 3.05) is 6.61 Å². The van der Waals surface area contributed by atoms with Crippen molar-refractivity contribution in [2.24, 2.45) is 5.73 Å². The van der Waals surface area contributed by atoms with Gasteiger partial charge in [-0.3, -0.25) is 4.79 Å². The molecule has 1 aliphatic rings. The second-order valence-electron chi connectivity index (χ2n) is 5.87. The van der Waals surface area contributed by atoms with Crippen molar-refractivity contribution in [2.45, 2.75) is 51.1 Å². The smallest absolute Gasteiger partial charge is 0.240 e. The van der Waals surface area contributed by atoms with Gasteiger partial charge in [0.05, 0.1) is 18.2 Å². The number of hydrogen-bond acceptors (Lipinski definition) is 3. The zero-order valence-corrected chi connectivity index (χ0v) is 14.6. The summed E-state index contributed by atoms with van der Waals surface area (Å²) in [4.78, 5) is 12.4. The van der Waals surface area contributed by atoms with Gasteiger partial charge in [-0.25, -0.2) is 0 Å². The second-order valence-corrected chi connectivity index (χ2v) is 6.30. The summed E-state index contributed by atoms with van der Waals surface area (Å²) in [5.41, 5.74) is 6.24. The van der Waals surface area contributed by atoms with Crippen LogP contribution in [0.3, 0.4) is 0 Å². The van der Waals surface area contributed by atoms with E-state index in [0.29, 0.717) is 18.1 Å². The Bertz CT molecular complexity index is 521. The van der Waals surface area contributed by atoms with Gasteiger partial charge in [0.1, 0.15) is 5.75 Å². The van der Waals surface area contributed by atoms with E-state index in [4.69, 9.17) is 22.1 Å². The first kappa shape index (κ1) is 19.1. The summed E-state index contributed by atoms with van der Waals surface area (Å²) < 4.78 is 5.71. The maximum Gasteiger partial charge on any atom is 0.240 e. The van der Waals surface area contributed by atoms with Gasteiger partial charge < -0.3 is 15.8 Å². The van der Waals surface area contributed by atoms with Gasteiger partial charge >= 0.3 is 0 Å². The van der Waals surface area contributed by atoms with Crippen molar-refractivity contribution in [3.05, 3.63) is 28.8 Å².